The fraction of sp³-hybridized carbons (Fsp3) is 0.533. The highest BCUT2D eigenvalue weighted by molar-refractivity contribution is 6.00. The third kappa shape index (κ3) is 3.03. The summed E-state index contributed by atoms with van der Waals surface area (Å²) in [6, 6.07) is 5.97. The molecule has 1 aliphatic heterocycles. The molecule has 0 aromatic heterocycles. The van der Waals surface area contributed by atoms with E-state index in [1.165, 1.54) is 5.56 Å². The first kappa shape index (κ1) is 12.9. The van der Waals surface area contributed by atoms with Gasteiger partial charge in [0.15, 0.2) is 0 Å². The fourth-order valence-electron chi connectivity index (χ4n) is 2.14. The Hall–Kier alpha value is -1.51. The van der Waals surface area contributed by atoms with Crippen molar-refractivity contribution >= 4 is 11.6 Å². The molecule has 0 aliphatic carbocycles. The minimum absolute atomic E-state index is 0.0242. The van der Waals surface area contributed by atoms with Crippen molar-refractivity contribution < 1.29 is 4.79 Å². The van der Waals surface area contributed by atoms with Crippen LogP contribution in [0.4, 0.5) is 5.69 Å². The SMILES string of the molecule is CC(C)(C)CNC(=O)c1cccc2c1NCCC2. The number of anilines is 1. The van der Waals surface area contributed by atoms with Crippen molar-refractivity contribution in [3.63, 3.8) is 0 Å². The maximum absolute atomic E-state index is 12.2. The maximum Gasteiger partial charge on any atom is 0.253 e. The minimum atomic E-state index is 0.0242. The molecule has 1 amide bonds. The second-order valence-corrected chi connectivity index (χ2v) is 6.11. The molecule has 1 aromatic rings. The van der Waals surface area contributed by atoms with E-state index in [-0.39, 0.29) is 11.3 Å². The summed E-state index contributed by atoms with van der Waals surface area (Å²) in [7, 11) is 0. The van der Waals surface area contributed by atoms with Gasteiger partial charge in [-0.05, 0) is 29.9 Å². The zero-order valence-corrected chi connectivity index (χ0v) is 11.5. The first-order valence-corrected chi connectivity index (χ1v) is 6.61. The predicted molar refractivity (Wildman–Crippen MR) is 75.0 cm³/mol. The van der Waals surface area contributed by atoms with E-state index in [4.69, 9.17) is 0 Å². The minimum Gasteiger partial charge on any atom is -0.384 e. The second kappa shape index (κ2) is 5.01. The van der Waals surface area contributed by atoms with E-state index in [0.717, 1.165) is 30.6 Å². The van der Waals surface area contributed by atoms with Crippen LogP contribution in [0.25, 0.3) is 0 Å². The van der Waals surface area contributed by atoms with Crippen LogP contribution >= 0.6 is 0 Å². The number of amides is 1. The smallest absolute Gasteiger partial charge is 0.253 e. The standard InChI is InChI=1S/C15H22N2O/c1-15(2,3)10-17-14(18)12-8-4-6-11-7-5-9-16-13(11)12/h4,6,8,16H,5,7,9-10H2,1-3H3,(H,17,18). The highest BCUT2D eigenvalue weighted by Crippen LogP contribution is 2.26. The number of hydrogen-bond acceptors (Lipinski definition) is 2. The van der Waals surface area contributed by atoms with Crippen LogP contribution in [0, 0.1) is 5.41 Å². The highest BCUT2D eigenvalue weighted by atomic mass is 16.1. The van der Waals surface area contributed by atoms with Crippen LogP contribution in [0.15, 0.2) is 18.2 Å². The van der Waals surface area contributed by atoms with Crippen molar-refractivity contribution in [1.29, 1.82) is 0 Å². The number of carbonyl (C=O) groups is 1. The normalized spacial score (nSPS) is 14.6. The molecule has 1 aliphatic rings. The Morgan fingerprint density at radius 2 is 2.17 bits per heavy atom. The van der Waals surface area contributed by atoms with E-state index in [0.29, 0.717) is 6.54 Å². The van der Waals surface area contributed by atoms with Gasteiger partial charge in [0.05, 0.1) is 11.3 Å². The van der Waals surface area contributed by atoms with E-state index in [9.17, 15) is 4.79 Å². The van der Waals surface area contributed by atoms with Gasteiger partial charge in [0.25, 0.3) is 5.91 Å². The molecule has 0 bridgehead atoms. The van der Waals surface area contributed by atoms with Crippen LogP contribution in [0.1, 0.15) is 43.1 Å². The van der Waals surface area contributed by atoms with Gasteiger partial charge < -0.3 is 10.6 Å². The Kier molecular flexibility index (Phi) is 3.60. The molecule has 0 unspecified atom stereocenters. The van der Waals surface area contributed by atoms with Gasteiger partial charge in [0, 0.05) is 13.1 Å². The van der Waals surface area contributed by atoms with Crippen LogP contribution in [0.5, 0.6) is 0 Å². The van der Waals surface area contributed by atoms with Crippen LogP contribution in [-0.2, 0) is 6.42 Å². The summed E-state index contributed by atoms with van der Waals surface area (Å²) in [5.41, 5.74) is 3.16. The number of hydrogen-bond donors (Lipinski definition) is 2. The van der Waals surface area contributed by atoms with Crippen molar-refractivity contribution in [3.8, 4) is 0 Å². The predicted octanol–water partition coefficient (Wildman–Crippen LogP) is 2.82. The lowest BCUT2D eigenvalue weighted by Gasteiger charge is -2.22. The summed E-state index contributed by atoms with van der Waals surface area (Å²) in [6.07, 6.45) is 2.20. The molecule has 18 heavy (non-hydrogen) atoms. The number of nitrogens with one attached hydrogen (secondary N) is 2. The summed E-state index contributed by atoms with van der Waals surface area (Å²) in [5, 5.41) is 6.36. The Balaban J connectivity index is 2.15. The molecular formula is C15H22N2O. The second-order valence-electron chi connectivity index (χ2n) is 6.11. The molecule has 2 rings (SSSR count). The van der Waals surface area contributed by atoms with Crippen LogP contribution in [0.3, 0.4) is 0 Å². The molecule has 1 aromatic carbocycles. The van der Waals surface area contributed by atoms with Crippen LogP contribution in [-0.4, -0.2) is 19.0 Å². The van der Waals surface area contributed by atoms with Crippen molar-refractivity contribution in [3.05, 3.63) is 29.3 Å². The van der Waals surface area contributed by atoms with Gasteiger partial charge in [0.2, 0.25) is 0 Å². The first-order valence-electron chi connectivity index (χ1n) is 6.61. The maximum atomic E-state index is 12.2. The van der Waals surface area contributed by atoms with Gasteiger partial charge in [-0.25, -0.2) is 0 Å². The summed E-state index contributed by atoms with van der Waals surface area (Å²) < 4.78 is 0. The summed E-state index contributed by atoms with van der Waals surface area (Å²) in [5.74, 6) is 0.0242. The molecule has 3 heteroatoms. The van der Waals surface area contributed by atoms with Gasteiger partial charge >= 0.3 is 0 Å². The largest absolute Gasteiger partial charge is 0.384 e. The Morgan fingerprint density at radius 3 is 2.89 bits per heavy atom. The molecule has 0 atom stereocenters. The topological polar surface area (TPSA) is 41.1 Å². The zero-order chi connectivity index (χ0) is 13.2. The molecule has 1 heterocycles. The average Bonchev–Trinajstić information content (AvgIpc) is 2.34. The summed E-state index contributed by atoms with van der Waals surface area (Å²) in [6.45, 7) is 8.00. The molecular weight excluding hydrogens is 224 g/mol. The number of carbonyl (C=O) groups excluding carboxylic acids is 1. The third-order valence-electron chi connectivity index (χ3n) is 3.10. The van der Waals surface area contributed by atoms with Gasteiger partial charge in [-0.2, -0.15) is 0 Å². The number of rotatable bonds is 2. The number of fused-ring (bicyclic) bond motifs is 1. The van der Waals surface area contributed by atoms with E-state index < -0.39 is 0 Å². The van der Waals surface area contributed by atoms with Crippen molar-refractivity contribution in [2.24, 2.45) is 5.41 Å². The Bertz CT molecular complexity index is 446. The number of aryl methyl sites for hydroxylation is 1. The van der Waals surface area contributed by atoms with E-state index >= 15 is 0 Å². The molecule has 0 saturated heterocycles. The fourth-order valence-corrected chi connectivity index (χ4v) is 2.14. The Labute approximate surface area is 109 Å². The van der Waals surface area contributed by atoms with Gasteiger partial charge in [0.1, 0.15) is 0 Å². The van der Waals surface area contributed by atoms with Crippen molar-refractivity contribution in [2.45, 2.75) is 33.6 Å². The quantitative estimate of drug-likeness (QED) is 0.842. The lowest BCUT2D eigenvalue weighted by Crippen LogP contribution is -2.33. The monoisotopic (exact) mass is 246 g/mol. The molecule has 0 saturated carbocycles. The van der Waals surface area contributed by atoms with Crippen molar-refractivity contribution in [1.82, 2.24) is 5.32 Å². The summed E-state index contributed by atoms with van der Waals surface area (Å²) in [4.78, 5) is 12.2. The number of para-hydroxylation sites is 1. The zero-order valence-electron chi connectivity index (χ0n) is 11.5. The molecule has 2 N–H and O–H groups in total. The number of benzene rings is 1. The molecule has 98 valence electrons. The third-order valence-corrected chi connectivity index (χ3v) is 3.10. The highest BCUT2D eigenvalue weighted by Gasteiger charge is 2.18. The van der Waals surface area contributed by atoms with Gasteiger partial charge in [-0.15, -0.1) is 0 Å². The first-order chi connectivity index (χ1) is 8.47. The molecule has 3 nitrogen and oxygen atoms in total. The molecule has 0 radical (unpaired) electrons. The van der Waals surface area contributed by atoms with Crippen LogP contribution < -0.4 is 10.6 Å². The van der Waals surface area contributed by atoms with Gasteiger partial charge in [-0.3, -0.25) is 4.79 Å². The van der Waals surface area contributed by atoms with Gasteiger partial charge in [-0.1, -0.05) is 32.9 Å². The van der Waals surface area contributed by atoms with Crippen LogP contribution in [0.2, 0.25) is 0 Å². The average molecular weight is 246 g/mol. The summed E-state index contributed by atoms with van der Waals surface area (Å²) >= 11 is 0. The lowest BCUT2D eigenvalue weighted by molar-refractivity contribution is 0.0940. The van der Waals surface area contributed by atoms with E-state index in [2.05, 4.69) is 37.5 Å². The lowest BCUT2D eigenvalue weighted by atomic mass is 9.96. The van der Waals surface area contributed by atoms with Crippen molar-refractivity contribution in [2.75, 3.05) is 18.4 Å². The molecule has 0 spiro atoms. The van der Waals surface area contributed by atoms with E-state index in [1.807, 2.05) is 12.1 Å². The van der Waals surface area contributed by atoms with E-state index in [1.54, 1.807) is 0 Å². The Morgan fingerprint density at radius 1 is 1.39 bits per heavy atom. The molecule has 0 fully saturated rings.